The fraction of sp³-hybridized carbons (Fsp3) is 0.444. The highest BCUT2D eigenvalue weighted by atomic mass is 32.1. The third-order valence-electron chi connectivity index (χ3n) is 3.84. The van der Waals surface area contributed by atoms with Crippen LogP contribution in [0.4, 0.5) is 0 Å². The van der Waals surface area contributed by atoms with Gasteiger partial charge in [-0.3, -0.25) is 0 Å². The van der Waals surface area contributed by atoms with E-state index in [1.165, 1.54) is 24.0 Å². The van der Waals surface area contributed by atoms with Crippen LogP contribution in [0.2, 0.25) is 0 Å². The van der Waals surface area contributed by atoms with E-state index in [0.717, 1.165) is 12.0 Å². The number of thiophene rings is 1. The Labute approximate surface area is 131 Å². The molecule has 1 heterocycles. The van der Waals surface area contributed by atoms with Gasteiger partial charge in [0.2, 0.25) is 0 Å². The number of aryl methyl sites for hydroxylation is 1. The van der Waals surface area contributed by atoms with Crippen molar-refractivity contribution in [3.63, 3.8) is 0 Å². The molecule has 1 aromatic carbocycles. The molecule has 3 heteroatoms. The molecule has 2 atom stereocenters. The summed E-state index contributed by atoms with van der Waals surface area (Å²) >= 11 is 1.62. The van der Waals surface area contributed by atoms with Gasteiger partial charge in [-0.2, -0.15) is 11.3 Å². The van der Waals surface area contributed by atoms with Gasteiger partial charge in [-0.05, 0) is 53.3 Å². The van der Waals surface area contributed by atoms with Gasteiger partial charge in [0.15, 0.2) is 0 Å². The van der Waals surface area contributed by atoms with Crippen LogP contribution in [-0.2, 0) is 6.42 Å². The molecule has 2 aromatic rings. The zero-order chi connectivity index (χ0) is 15.1. The van der Waals surface area contributed by atoms with Crippen LogP contribution < -0.4 is 5.32 Å². The van der Waals surface area contributed by atoms with Crippen LogP contribution >= 0.6 is 11.3 Å². The molecule has 2 unspecified atom stereocenters. The lowest BCUT2D eigenvalue weighted by molar-refractivity contribution is 0.171. The molecule has 0 bridgehead atoms. The van der Waals surface area contributed by atoms with E-state index < -0.39 is 6.10 Å². The number of aliphatic hydroxyl groups is 1. The van der Waals surface area contributed by atoms with E-state index in [0.29, 0.717) is 6.54 Å². The van der Waals surface area contributed by atoms with Crippen LogP contribution in [0.3, 0.4) is 0 Å². The van der Waals surface area contributed by atoms with Crippen LogP contribution in [0.5, 0.6) is 0 Å². The lowest BCUT2D eigenvalue weighted by Gasteiger charge is -2.17. The average molecular weight is 303 g/mol. The maximum Gasteiger partial charge on any atom is 0.0922 e. The predicted octanol–water partition coefficient (Wildman–Crippen LogP) is 4.47. The molecule has 114 valence electrons. The van der Waals surface area contributed by atoms with Gasteiger partial charge in [0.05, 0.1) is 6.10 Å². The first-order valence-corrected chi connectivity index (χ1v) is 8.67. The summed E-state index contributed by atoms with van der Waals surface area (Å²) in [7, 11) is 0. The van der Waals surface area contributed by atoms with Gasteiger partial charge in [0.25, 0.3) is 0 Å². The first-order chi connectivity index (χ1) is 10.2. The van der Waals surface area contributed by atoms with E-state index in [-0.39, 0.29) is 6.04 Å². The molecule has 0 aliphatic carbocycles. The maximum atomic E-state index is 10.1. The summed E-state index contributed by atoms with van der Waals surface area (Å²) in [6.07, 6.45) is 3.22. The van der Waals surface area contributed by atoms with Crippen molar-refractivity contribution in [3.05, 3.63) is 57.8 Å². The van der Waals surface area contributed by atoms with Crippen molar-refractivity contribution in [2.45, 2.75) is 45.3 Å². The molecule has 0 radical (unpaired) electrons. The van der Waals surface area contributed by atoms with Gasteiger partial charge >= 0.3 is 0 Å². The fourth-order valence-corrected chi connectivity index (χ4v) is 3.05. The molecule has 0 saturated carbocycles. The number of nitrogens with one attached hydrogen (secondary N) is 1. The molecule has 0 aliphatic rings. The maximum absolute atomic E-state index is 10.1. The van der Waals surface area contributed by atoms with Gasteiger partial charge in [0, 0.05) is 12.6 Å². The molecule has 0 amide bonds. The molecular weight excluding hydrogens is 278 g/mol. The molecule has 0 spiro atoms. The highest BCUT2D eigenvalue weighted by Crippen LogP contribution is 2.18. The third-order valence-corrected chi connectivity index (χ3v) is 4.55. The first-order valence-electron chi connectivity index (χ1n) is 7.73. The smallest absolute Gasteiger partial charge is 0.0922 e. The molecule has 0 saturated heterocycles. The Kier molecular flexibility index (Phi) is 6.43. The molecule has 2 N–H and O–H groups in total. The van der Waals surface area contributed by atoms with Crippen LogP contribution in [0.1, 0.15) is 55.5 Å². The summed E-state index contributed by atoms with van der Waals surface area (Å²) in [6, 6.07) is 11.1. The summed E-state index contributed by atoms with van der Waals surface area (Å²) in [6.45, 7) is 4.94. The molecule has 1 aromatic heterocycles. The minimum Gasteiger partial charge on any atom is -0.387 e. The highest BCUT2D eigenvalue weighted by molar-refractivity contribution is 7.07. The molecule has 2 nitrogen and oxygen atoms in total. The van der Waals surface area contributed by atoms with Gasteiger partial charge in [-0.1, -0.05) is 37.6 Å². The second-order valence-electron chi connectivity index (χ2n) is 5.55. The molecule has 2 rings (SSSR count). The monoisotopic (exact) mass is 303 g/mol. The minimum absolute atomic E-state index is 0.249. The molecule has 0 aliphatic heterocycles. The zero-order valence-electron chi connectivity index (χ0n) is 12.9. The Bertz CT molecular complexity index is 507. The topological polar surface area (TPSA) is 32.3 Å². The summed E-state index contributed by atoms with van der Waals surface area (Å²) in [5, 5.41) is 17.5. The average Bonchev–Trinajstić information content (AvgIpc) is 3.05. The summed E-state index contributed by atoms with van der Waals surface area (Å²) in [5.74, 6) is 0. The van der Waals surface area contributed by atoms with Crippen LogP contribution in [0.25, 0.3) is 0 Å². The van der Waals surface area contributed by atoms with Crippen molar-refractivity contribution >= 4 is 11.3 Å². The lowest BCUT2D eigenvalue weighted by atomic mass is 10.0. The summed E-state index contributed by atoms with van der Waals surface area (Å²) < 4.78 is 0. The molecule has 21 heavy (non-hydrogen) atoms. The van der Waals surface area contributed by atoms with E-state index >= 15 is 0 Å². The van der Waals surface area contributed by atoms with Crippen molar-refractivity contribution in [1.29, 1.82) is 0 Å². The van der Waals surface area contributed by atoms with E-state index in [4.69, 9.17) is 0 Å². The Morgan fingerprint density at radius 1 is 1.14 bits per heavy atom. The van der Waals surface area contributed by atoms with Crippen molar-refractivity contribution in [2.24, 2.45) is 0 Å². The molecular formula is C18H25NOS. The normalized spacial score (nSPS) is 14.0. The third kappa shape index (κ3) is 4.95. The number of hydrogen-bond acceptors (Lipinski definition) is 3. The first kappa shape index (κ1) is 16.2. The van der Waals surface area contributed by atoms with Crippen LogP contribution in [-0.4, -0.2) is 11.7 Å². The van der Waals surface area contributed by atoms with Crippen molar-refractivity contribution in [2.75, 3.05) is 6.54 Å². The molecule has 0 fully saturated rings. The van der Waals surface area contributed by atoms with Crippen LogP contribution in [0, 0.1) is 0 Å². The van der Waals surface area contributed by atoms with Crippen molar-refractivity contribution in [1.82, 2.24) is 5.32 Å². The van der Waals surface area contributed by atoms with Crippen molar-refractivity contribution < 1.29 is 5.11 Å². The Balaban J connectivity index is 1.83. The lowest BCUT2D eigenvalue weighted by Crippen LogP contribution is -2.24. The fourth-order valence-electron chi connectivity index (χ4n) is 2.34. The van der Waals surface area contributed by atoms with Crippen molar-refractivity contribution in [3.8, 4) is 0 Å². The standard InChI is InChI=1S/C18H25NOS/c1-3-4-5-15-6-8-16(9-7-15)14(2)19-12-18(20)17-10-11-21-13-17/h6-11,13-14,18-20H,3-5,12H2,1-2H3. The number of benzene rings is 1. The minimum atomic E-state index is -0.428. The summed E-state index contributed by atoms with van der Waals surface area (Å²) in [5.41, 5.74) is 3.67. The Morgan fingerprint density at radius 3 is 2.52 bits per heavy atom. The Morgan fingerprint density at radius 2 is 1.90 bits per heavy atom. The number of aliphatic hydroxyl groups excluding tert-OH is 1. The summed E-state index contributed by atoms with van der Waals surface area (Å²) in [4.78, 5) is 0. The van der Waals surface area contributed by atoms with Gasteiger partial charge < -0.3 is 10.4 Å². The van der Waals surface area contributed by atoms with Gasteiger partial charge in [0.1, 0.15) is 0 Å². The second-order valence-corrected chi connectivity index (χ2v) is 6.33. The number of rotatable bonds is 8. The van der Waals surface area contributed by atoms with E-state index in [2.05, 4.69) is 43.4 Å². The number of unbranched alkanes of at least 4 members (excludes halogenated alkanes) is 1. The van der Waals surface area contributed by atoms with E-state index in [1.54, 1.807) is 11.3 Å². The highest BCUT2D eigenvalue weighted by Gasteiger charge is 2.10. The van der Waals surface area contributed by atoms with E-state index in [9.17, 15) is 5.11 Å². The predicted molar refractivity (Wildman–Crippen MR) is 90.8 cm³/mol. The second kappa shape index (κ2) is 8.32. The van der Waals surface area contributed by atoms with E-state index in [1.807, 2.05) is 16.8 Å². The number of hydrogen-bond donors (Lipinski definition) is 2. The van der Waals surface area contributed by atoms with Crippen LogP contribution in [0.15, 0.2) is 41.1 Å². The SMILES string of the molecule is CCCCc1ccc(C(C)NCC(O)c2ccsc2)cc1. The largest absolute Gasteiger partial charge is 0.387 e. The van der Waals surface area contributed by atoms with Gasteiger partial charge in [-0.25, -0.2) is 0 Å². The quantitative estimate of drug-likeness (QED) is 0.754. The zero-order valence-corrected chi connectivity index (χ0v) is 13.7. The Hall–Kier alpha value is -1.16. The van der Waals surface area contributed by atoms with Gasteiger partial charge in [-0.15, -0.1) is 0 Å².